The van der Waals surface area contributed by atoms with Crippen LogP contribution in [0.2, 0.25) is 0 Å². The van der Waals surface area contributed by atoms with Crippen molar-refractivity contribution in [3.63, 3.8) is 0 Å². The van der Waals surface area contributed by atoms with Gasteiger partial charge in [0.2, 0.25) is 10.0 Å². The van der Waals surface area contributed by atoms with Gasteiger partial charge in [0.25, 0.3) is 0 Å². The number of hydrogen-bond donors (Lipinski definition) is 0. The summed E-state index contributed by atoms with van der Waals surface area (Å²) in [6.45, 7) is 4.44. The molecular formula is C19H26N2O4S. The Labute approximate surface area is 155 Å². The second-order valence-electron chi connectivity index (χ2n) is 6.91. The molecule has 0 N–H and O–H groups in total. The molecule has 2 heterocycles. The molecule has 0 unspecified atom stereocenters. The van der Waals surface area contributed by atoms with E-state index in [1.54, 1.807) is 25.3 Å². The summed E-state index contributed by atoms with van der Waals surface area (Å²) < 4.78 is 37.8. The molecule has 0 saturated carbocycles. The number of methoxy groups -OCH3 is 1. The molecule has 1 atom stereocenters. The van der Waals surface area contributed by atoms with Crippen molar-refractivity contribution < 1.29 is 17.7 Å². The first-order valence-electron chi connectivity index (χ1n) is 8.97. The average molecular weight is 378 g/mol. The minimum absolute atomic E-state index is 0.230. The van der Waals surface area contributed by atoms with Crippen LogP contribution in [0.15, 0.2) is 33.7 Å². The van der Waals surface area contributed by atoms with Crippen LogP contribution in [0.3, 0.4) is 0 Å². The van der Waals surface area contributed by atoms with Gasteiger partial charge in [-0.1, -0.05) is 17.3 Å². The highest BCUT2D eigenvalue weighted by Gasteiger charge is 2.34. The monoisotopic (exact) mass is 378 g/mol. The quantitative estimate of drug-likeness (QED) is 0.771. The second kappa shape index (κ2) is 7.80. The summed E-state index contributed by atoms with van der Waals surface area (Å²) >= 11 is 0. The van der Waals surface area contributed by atoms with Crippen molar-refractivity contribution in [2.75, 3.05) is 20.2 Å². The number of nitrogens with zero attached hydrogens (tertiary/aromatic N) is 2. The molecule has 1 fully saturated rings. The van der Waals surface area contributed by atoms with Crippen LogP contribution in [-0.2, 0) is 16.4 Å². The first kappa shape index (κ1) is 18.9. The molecule has 0 radical (unpaired) electrons. The highest BCUT2D eigenvalue weighted by molar-refractivity contribution is 7.89. The summed E-state index contributed by atoms with van der Waals surface area (Å²) in [5, 5.41) is 3.80. The van der Waals surface area contributed by atoms with E-state index in [1.165, 1.54) is 5.56 Å². The van der Waals surface area contributed by atoms with E-state index in [0.717, 1.165) is 31.4 Å². The molecule has 1 saturated heterocycles. The SMILES string of the molecule is COc1ccc(CC[C@H]2CCCN(S(=O)(=O)c3c(C)noc3C)C2)cc1. The molecule has 1 aromatic carbocycles. The lowest BCUT2D eigenvalue weighted by atomic mass is 9.93. The van der Waals surface area contributed by atoms with Gasteiger partial charge in [-0.2, -0.15) is 4.31 Å². The fourth-order valence-corrected chi connectivity index (χ4v) is 5.46. The third-order valence-corrected chi connectivity index (χ3v) is 7.16. The summed E-state index contributed by atoms with van der Waals surface area (Å²) in [5.74, 6) is 1.58. The van der Waals surface area contributed by atoms with Gasteiger partial charge in [-0.3, -0.25) is 0 Å². The third-order valence-electron chi connectivity index (χ3n) is 5.05. The molecule has 2 aromatic rings. The van der Waals surface area contributed by atoms with Crippen molar-refractivity contribution in [1.29, 1.82) is 0 Å². The Morgan fingerprint density at radius 1 is 1.27 bits per heavy atom. The van der Waals surface area contributed by atoms with E-state index in [0.29, 0.717) is 30.5 Å². The van der Waals surface area contributed by atoms with Crippen LogP contribution in [0, 0.1) is 19.8 Å². The van der Waals surface area contributed by atoms with Crippen molar-refractivity contribution in [2.45, 2.75) is 44.4 Å². The zero-order valence-corrected chi connectivity index (χ0v) is 16.4. The molecule has 0 amide bonds. The number of aryl methyl sites for hydroxylation is 3. The number of rotatable bonds is 6. The predicted molar refractivity (Wildman–Crippen MR) is 98.8 cm³/mol. The van der Waals surface area contributed by atoms with E-state index >= 15 is 0 Å². The van der Waals surface area contributed by atoms with Gasteiger partial charge in [0, 0.05) is 13.1 Å². The lowest BCUT2D eigenvalue weighted by molar-refractivity contribution is 0.256. The summed E-state index contributed by atoms with van der Waals surface area (Å²) in [6.07, 6.45) is 3.85. The molecular weight excluding hydrogens is 352 g/mol. The molecule has 7 heteroatoms. The normalized spacial score (nSPS) is 18.8. The van der Waals surface area contributed by atoms with E-state index in [4.69, 9.17) is 9.26 Å². The molecule has 0 spiro atoms. The van der Waals surface area contributed by atoms with Crippen molar-refractivity contribution in [3.05, 3.63) is 41.3 Å². The minimum atomic E-state index is -3.54. The molecule has 3 rings (SSSR count). The molecule has 0 aliphatic carbocycles. The molecule has 26 heavy (non-hydrogen) atoms. The minimum Gasteiger partial charge on any atom is -0.497 e. The maximum absolute atomic E-state index is 13.0. The van der Waals surface area contributed by atoms with Crippen molar-refractivity contribution >= 4 is 10.0 Å². The Morgan fingerprint density at radius 2 is 2.00 bits per heavy atom. The second-order valence-corrected chi connectivity index (χ2v) is 8.79. The zero-order valence-electron chi connectivity index (χ0n) is 15.6. The summed E-state index contributed by atoms with van der Waals surface area (Å²) in [7, 11) is -1.89. The van der Waals surface area contributed by atoms with E-state index in [9.17, 15) is 8.42 Å². The van der Waals surface area contributed by atoms with Gasteiger partial charge >= 0.3 is 0 Å². The van der Waals surface area contributed by atoms with Gasteiger partial charge in [-0.25, -0.2) is 8.42 Å². The maximum atomic E-state index is 13.0. The van der Waals surface area contributed by atoms with E-state index in [2.05, 4.69) is 17.3 Å². The summed E-state index contributed by atoms with van der Waals surface area (Å²) in [5.41, 5.74) is 1.68. The number of ether oxygens (including phenoxy) is 1. The van der Waals surface area contributed by atoms with Gasteiger partial charge in [0.1, 0.15) is 16.3 Å². The third kappa shape index (κ3) is 3.94. The van der Waals surface area contributed by atoms with E-state index in [1.807, 2.05) is 12.1 Å². The van der Waals surface area contributed by atoms with Crippen molar-refractivity contribution in [2.24, 2.45) is 5.92 Å². The smallest absolute Gasteiger partial charge is 0.248 e. The lowest BCUT2D eigenvalue weighted by Gasteiger charge is -2.31. The van der Waals surface area contributed by atoms with E-state index < -0.39 is 10.0 Å². The standard InChI is InChI=1S/C19H26N2O4S/c1-14-19(15(2)25-20-14)26(22,23)21-12-4-5-17(13-21)7-6-16-8-10-18(24-3)11-9-16/h8-11,17H,4-7,12-13H2,1-3H3/t17-/m1/s1. The predicted octanol–water partition coefficient (Wildman–Crippen LogP) is 3.33. The Morgan fingerprint density at radius 3 is 2.62 bits per heavy atom. The van der Waals surface area contributed by atoms with E-state index in [-0.39, 0.29) is 4.90 Å². The molecule has 0 bridgehead atoms. The molecule has 1 aliphatic rings. The van der Waals surface area contributed by atoms with Crippen molar-refractivity contribution in [1.82, 2.24) is 9.46 Å². The number of piperidine rings is 1. The topological polar surface area (TPSA) is 72.6 Å². The Kier molecular flexibility index (Phi) is 5.67. The van der Waals surface area contributed by atoms with Gasteiger partial charge in [0.15, 0.2) is 5.76 Å². The largest absolute Gasteiger partial charge is 0.497 e. The molecule has 1 aromatic heterocycles. The summed E-state index contributed by atoms with van der Waals surface area (Å²) in [6, 6.07) is 8.06. The molecule has 142 valence electrons. The Balaban J connectivity index is 1.65. The first-order chi connectivity index (χ1) is 12.4. The van der Waals surface area contributed by atoms with Crippen LogP contribution < -0.4 is 4.74 Å². The Hall–Kier alpha value is -1.86. The average Bonchev–Trinajstić information content (AvgIpc) is 2.99. The lowest BCUT2D eigenvalue weighted by Crippen LogP contribution is -2.40. The van der Waals surface area contributed by atoms with Gasteiger partial charge in [-0.15, -0.1) is 0 Å². The van der Waals surface area contributed by atoms with Crippen LogP contribution >= 0.6 is 0 Å². The number of benzene rings is 1. The summed E-state index contributed by atoms with van der Waals surface area (Å²) in [4.78, 5) is 0.230. The number of aromatic nitrogens is 1. The molecule has 1 aliphatic heterocycles. The zero-order chi connectivity index (χ0) is 18.7. The highest BCUT2D eigenvalue weighted by Crippen LogP contribution is 2.29. The maximum Gasteiger partial charge on any atom is 0.248 e. The number of hydrogen-bond acceptors (Lipinski definition) is 5. The Bertz CT molecular complexity index is 823. The fraction of sp³-hybridized carbons (Fsp3) is 0.526. The van der Waals surface area contributed by atoms with Gasteiger partial charge < -0.3 is 9.26 Å². The van der Waals surface area contributed by atoms with Gasteiger partial charge in [-0.05, 0) is 63.1 Å². The van der Waals surface area contributed by atoms with Gasteiger partial charge in [0.05, 0.1) is 7.11 Å². The fourth-order valence-electron chi connectivity index (χ4n) is 3.62. The van der Waals surface area contributed by atoms with Crippen LogP contribution in [-0.4, -0.2) is 38.1 Å². The van der Waals surface area contributed by atoms with Crippen LogP contribution in [0.5, 0.6) is 5.75 Å². The first-order valence-corrected chi connectivity index (χ1v) is 10.4. The number of sulfonamides is 1. The highest BCUT2D eigenvalue weighted by atomic mass is 32.2. The van der Waals surface area contributed by atoms with Crippen LogP contribution in [0.4, 0.5) is 0 Å². The van der Waals surface area contributed by atoms with Crippen LogP contribution in [0.1, 0.15) is 36.3 Å². The van der Waals surface area contributed by atoms with Crippen molar-refractivity contribution in [3.8, 4) is 5.75 Å². The molecule has 6 nitrogen and oxygen atoms in total. The van der Waals surface area contributed by atoms with Crippen LogP contribution in [0.25, 0.3) is 0 Å².